The maximum atomic E-state index is 14.6. The van der Waals surface area contributed by atoms with Crippen molar-refractivity contribution in [3.63, 3.8) is 0 Å². The number of anilines is 1. The molecular weight excluding hydrogens is 687 g/mol. The zero-order valence-electron chi connectivity index (χ0n) is 30.9. The zero-order valence-corrected chi connectivity index (χ0v) is 31.7. The Kier molecular flexibility index (Phi) is 13.6. The number of fused-ring (bicyclic) bond motifs is 2. The van der Waals surface area contributed by atoms with Crippen LogP contribution in [0.5, 0.6) is 0 Å². The van der Waals surface area contributed by atoms with E-state index in [0.717, 1.165) is 53.1 Å². The van der Waals surface area contributed by atoms with Crippen molar-refractivity contribution in [2.45, 2.75) is 71.9 Å². The Balaban J connectivity index is 0.00000541. The minimum Gasteiger partial charge on any atom is -0.412 e. The van der Waals surface area contributed by atoms with E-state index in [9.17, 15) is 18.9 Å². The molecule has 2 heterocycles. The van der Waals surface area contributed by atoms with Crippen LogP contribution in [0, 0.1) is 6.92 Å². The van der Waals surface area contributed by atoms with Crippen LogP contribution in [-0.2, 0) is 30.4 Å². The molecule has 0 saturated heterocycles. The number of hydrogen-bond donors (Lipinski definition) is 2. The van der Waals surface area contributed by atoms with Crippen LogP contribution < -0.4 is 4.72 Å². The van der Waals surface area contributed by atoms with Crippen LogP contribution in [0.1, 0.15) is 82.8 Å². The smallest absolute Gasteiger partial charge is 0.274 e. The first-order valence-corrected chi connectivity index (χ1v) is 19.7. The molecule has 2 atom stereocenters. The molecule has 10 nitrogen and oxygen atoms in total. The number of aromatic nitrogens is 2. The highest BCUT2D eigenvalue weighted by molar-refractivity contribution is 7.86. The van der Waals surface area contributed by atoms with E-state index in [1.807, 2.05) is 54.3 Å². The maximum absolute atomic E-state index is 14.6. The van der Waals surface area contributed by atoms with Gasteiger partial charge in [-0.2, -0.15) is 5.10 Å². The number of nitrogens with one attached hydrogen (secondary N) is 1. The fraction of sp³-hybridized carbons (Fsp3) is 0.357. The molecule has 5 aromatic rings. The highest BCUT2D eigenvalue weighted by Gasteiger charge is 2.32. The quantitative estimate of drug-likeness (QED) is 0.128. The average Bonchev–Trinajstić information content (AvgIpc) is 3.56. The summed E-state index contributed by atoms with van der Waals surface area (Å²) in [5, 5.41) is 17.5. The summed E-state index contributed by atoms with van der Waals surface area (Å²) in [5.74, 6) is -0.0151. The van der Waals surface area contributed by atoms with Gasteiger partial charge in [-0.15, -0.1) is 0 Å². The average molecular weight is 738 g/mol. The minimum absolute atomic E-state index is 0. The number of carbonyl (C=O) groups is 2. The summed E-state index contributed by atoms with van der Waals surface area (Å²) in [6.45, 7) is 7.60. The molecule has 0 fully saturated rings. The molecule has 1 unspecified atom stereocenters. The summed E-state index contributed by atoms with van der Waals surface area (Å²) in [6, 6.07) is 29.0. The van der Waals surface area contributed by atoms with Gasteiger partial charge in [0, 0.05) is 36.8 Å². The number of unbranched alkanes of at least 4 members (excludes halogenated alkanes) is 2. The number of aliphatic hydroxyl groups excluding tert-OH is 1. The van der Waals surface area contributed by atoms with E-state index in [1.165, 1.54) is 0 Å². The van der Waals surface area contributed by atoms with Crippen LogP contribution in [0.2, 0.25) is 0 Å². The van der Waals surface area contributed by atoms with E-state index >= 15 is 0 Å². The lowest BCUT2D eigenvalue weighted by atomic mass is 9.93. The number of aliphatic hydroxyl groups is 1. The minimum atomic E-state index is -1.44. The van der Waals surface area contributed by atoms with Crippen LogP contribution in [0.15, 0.2) is 91.0 Å². The molecule has 1 aliphatic heterocycles. The Morgan fingerprint density at radius 2 is 1.62 bits per heavy atom. The van der Waals surface area contributed by atoms with Crippen molar-refractivity contribution in [2.24, 2.45) is 0 Å². The van der Waals surface area contributed by atoms with Crippen molar-refractivity contribution in [3.05, 3.63) is 125 Å². The first-order chi connectivity index (χ1) is 25.3. The third-order valence-electron chi connectivity index (χ3n) is 9.91. The number of amides is 2. The maximum Gasteiger partial charge on any atom is 0.274 e. The topological polar surface area (TPSA) is 139 Å². The fourth-order valence-electron chi connectivity index (χ4n) is 6.99. The van der Waals surface area contributed by atoms with Crippen LogP contribution in [-0.4, -0.2) is 77.7 Å². The van der Waals surface area contributed by atoms with Crippen molar-refractivity contribution in [3.8, 4) is 5.69 Å². The molecule has 0 spiro atoms. The number of nitrogens with zero attached hydrogens (tertiary/aromatic N) is 4. The van der Waals surface area contributed by atoms with Gasteiger partial charge in [-0.25, -0.2) is 8.89 Å². The summed E-state index contributed by atoms with van der Waals surface area (Å²) in [4.78, 5) is 32.0. The highest BCUT2D eigenvalue weighted by Crippen LogP contribution is 2.29. The van der Waals surface area contributed by atoms with Gasteiger partial charge in [0.05, 0.1) is 23.9 Å². The normalized spacial score (nSPS) is 14.3. The monoisotopic (exact) mass is 737 g/mol. The molecule has 0 saturated carbocycles. The summed E-state index contributed by atoms with van der Waals surface area (Å²) in [7, 11) is -1.44. The molecule has 6 rings (SSSR count). The van der Waals surface area contributed by atoms with Gasteiger partial charge in [-0.3, -0.25) is 9.59 Å². The van der Waals surface area contributed by atoms with Gasteiger partial charge >= 0.3 is 0 Å². The van der Waals surface area contributed by atoms with Crippen LogP contribution in [0.25, 0.3) is 16.5 Å². The Labute approximate surface area is 314 Å². The second-order valence-electron chi connectivity index (χ2n) is 13.6. The zero-order chi connectivity index (χ0) is 36.6. The van der Waals surface area contributed by atoms with E-state index in [2.05, 4.69) is 42.8 Å². The fourth-order valence-corrected chi connectivity index (χ4v) is 7.89. The molecule has 1 aliphatic rings. The van der Waals surface area contributed by atoms with Crippen LogP contribution >= 0.6 is 0 Å². The Morgan fingerprint density at radius 1 is 0.925 bits per heavy atom. The van der Waals surface area contributed by atoms with Gasteiger partial charge in [0.2, 0.25) is 0 Å². The number of carbonyl (C=O) groups excluding carboxylic acids is 2. The number of benzene rings is 4. The first-order valence-electron chi connectivity index (χ1n) is 18.4. The summed E-state index contributed by atoms with van der Waals surface area (Å²) in [6.07, 6.45) is 4.95. The van der Waals surface area contributed by atoms with E-state index in [1.54, 1.807) is 33.8 Å². The van der Waals surface area contributed by atoms with Crippen molar-refractivity contribution in [1.82, 2.24) is 19.6 Å². The van der Waals surface area contributed by atoms with Crippen molar-refractivity contribution >= 4 is 39.3 Å². The largest absolute Gasteiger partial charge is 0.412 e. The van der Waals surface area contributed by atoms with Gasteiger partial charge < -0.3 is 25.1 Å². The molecule has 0 bridgehead atoms. The van der Waals surface area contributed by atoms with Gasteiger partial charge in [0.1, 0.15) is 11.0 Å². The lowest BCUT2D eigenvalue weighted by Crippen LogP contribution is -2.46. The predicted molar refractivity (Wildman–Crippen MR) is 213 cm³/mol. The third kappa shape index (κ3) is 9.04. The SMILES string of the molecule is CCCCN(CCCC)C(=O)c1cc(C)n(-c2ccc(NS(=O)CCc3cccc4ccccc34)cc2C(=O)N2Cc3ccccc3C[C@H]2CO)n1.O. The molecule has 4 N–H and O–H groups in total. The lowest BCUT2D eigenvalue weighted by molar-refractivity contribution is 0.0544. The molecule has 4 aromatic carbocycles. The first kappa shape index (κ1) is 39.4. The summed E-state index contributed by atoms with van der Waals surface area (Å²) < 4.78 is 18.2. The van der Waals surface area contributed by atoms with Crippen molar-refractivity contribution < 1.29 is 24.4 Å². The molecule has 11 heteroatoms. The molecule has 0 aliphatic carbocycles. The molecule has 53 heavy (non-hydrogen) atoms. The van der Waals surface area contributed by atoms with Crippen LogP contribution in [0.3, 0.4) is 0 Å². The van der Waals surface area contributed by atoms with E-state index in [-0.39, 0.29) is 23.9 Å². The van der Waals surface area contributed by atoms with Gasteiger partial charge in [0.25, 0.3) is 11.8 Å². The predicted octanol–water partition coefficient (Wildman–Crippen LogP) is 6.43. The van der Waals surface area contributed by atoms with Crippen molar-refractivity contribution in [1.29, 1.82) is 0 Å². The van der Waals surface area contributed by atoms with Gasteiger partial charge in [-0.05, 0) is 84.3 Å². The molecular formula is C42H51N5O5S. The summed E-state index contributed by atoms with van der Waals surface area (Å²) >= 11 is 0. The number of rotatable bonds is 15. The van der Waals surface area contributed by atoms with Crippen LogP contribution in [0.4, 0.5) is 5.69 Å². The number of aryl methyl sites for hydroxylation is 2. The Morgan fingerprint density at radius 3 is 2.36 bits per heavy atom. The Bertz CT molecular complexity index is 2050. The highest BCUT2D eigenvalue weighted by atomic mass is 32.2. The van der Waals surface area contributed by atoms with E-state index in [4.69, 9.17) is 5.10 Å². The Hall–Kier alpha value is -4.84. The molecule has 2 amide bonds. The second-order valence-corrected chi connectivity index (χ2v) is 14.9. The van der Waals surface area contributed by atoms with E-state index in [0.29, 0.717) is 66.6 Å². The molecule has 0 radical (unpaired) electrons. The van der Waals surface area contributed by atoms with Gasteiger partial charge in [0.15, 0.2) is 5.69 Å². The van der Waals surface area contributed by atoms with E-state index < -0.39 is 17.0 Å². The standard InChI is InChI=1S/C42H49N5O4S.H2O/c1-4-6-22-45(23-7-5-2)42(50)39-25-30(3)47(43-39)40-20-19-35(44-52(51)24-21-32-17-12-16-31-13-10-11-18-37(31)32)27-38(40)41(49)46-28-34-15-9-8-14-33(34)26-36(46)29-48;/h8-20,25,27,36,44,48H,4-7,21-24,26,28-29H2,1-3H3;1H2/t36-,52?;/m0./s1. The third-order valence-corrected chi connectivity index (χ3v) is 10.9. The number of hydrogen-bond acceptors (Lipinski definition) is 5. The summed E-state index contributed by atoms with van der Waals surface area (Å²) in [5.41, 5.74) is 5.71. The molecule has 1 aromatic heterocycles. The van der Waals surface area contributed by atoms with Crippen molar-refractivity contribution in [2.75, 3.05) is 30.2 Å². The second kappa shape index (κ2) is 18.3. The molecule has 280 valence electrons. The lowest BCUT2D eigenvalue weighted by Gasteiger charge is -2.36. The van der Waals surface area contributed by atoms with Gasteiger partial charge in [-0.1, -0.05) is 93.4 Å².